The third-order valence-corrected chi connectivity index (χ3v) is 8.98. The highest BCUT2D eigenvalue weighted by molar-refractivity contribution is 9.10. The van der Waals surface area contributed by atoms with Crippen LogP contribution in [0.4, 0.5) is 5.13 Å². The molecule has 0 unspecified atom stereocenters. The average Bonchev–Trinajstić information content (AvgIpc) is 3.24. The number of ether oxygens (including phenoxy) is 1. The molecule has 2 aromatic carbocycles. The van der Waals surface area contributed by atoms with Gasteiger partial charge in [0.2, 0.25) is 10.0 Å². The molecule has 1 aliphatic heterocycles. The van der Waals surface area contributed by atoms with Gasteiger partial charge in [0.05, 0.1) is 17.2 Å². The molecule has 0 N–H and O–H groups in total. The van der Waals surface area contributed by atoms with Crippen LogP contribution in [0.3, 0.4) is 0 Å². The zero-order chi connectivity index (χ0) is 21.8. The van der Waals surface area contributed by atoms with Crippen molar-refractivity contribution < 1.29 is 13.2 Å². The first-order chi connectivity index (χ1) is 15.0. The van der Waals surface area contributed by atoms with E-state index in [0.717, 1.165) is 23.0 Å². The number of hydrogen-bond donors (Lipinski definition) is 0. The summed E-state index contributed by atoms with van der Waals surface area (Å²) in [5.74, 6) is 0.876. The Bertz CT molecular complexity index is 1120. The second kappa shape index (κ2) is 9.68. The number of hydrogen-bond acceptors (Lipinski definition) is 6. The van der Waals surface area contributed by atoms with Crippen LogP contribution in [0.2, 0.25) is 0 Å². The fourth-order valence-electron chi connectivity index (χ4n) is 3.51. The van der Waals surface area contributed by atoms with Crippen LogP contribution >= 0.6 is 27.3 Å². The summed E-state index contributed by atoms with van der Waals surface area (Å²) in [6.07, 6.45) is 0.763. The number of rotatable bonds is 7. The smallest absolute Gasteiger partial charge is 0.244 e. The lowest BCUT2D eigenvalue weighted by atomic mass is 10.1. The van der Waals surface area contributed by atoms with Crippen molar-refractivity contribution in [3.05, 3.63) is 69.6 Å². The summed E-state index contributed by atoms with van der Waals surface area (Å²) in [6.45, 7) is 4.76. The summed E-state index contributed by atoms with van der Waals surface area (Å²) >= 11 is 4.97. The van der Waals surface area contributed by atoms with Crippen LogP contribution in [0.1, 0.15) is 18.2 Å². The number of thiazole rings is 1. The van der Waals surface area contributed by atoms with Crippen LogP contribution in [-0.4, -0.2) is 50.5 Å². The zero-order valence-electron chi connectivity index (χ0n) is 17.2. The highest BCUT2D eigenvalue weighted by atomic mass is 79.9. The van der Waals surface area contributed by atoms with E-state index in [1.165, 1.54) is 5.56 Å². The molecule has 6 nitrogen and oxygen atoms in total. The lowest BCUT2D eigenvalue weighted by Gasteiger charge is -2.34. The number of piperazine rings is 1. The molecular weight excluding hydrogens is 498 g/mol. The summed E-state index contributed by atoms with van der Waals surface area (Å²) in [4.78, 5) is 7.27. The van der Waals surface area contributed by atoms with Gasteiger partial charge in [0.1, 0.15) is 5.75 Å². The summed E-state index contributed by atoms with van der Waals surface area (Å²) in [7, 11) is -3.51. The van der Waals surface area contributed by atoms with E-state index in [2.05, 4.69) is 38.3 Å². The summed E-state index contributed by atoms with van der Waals surface area (Å²) < 4.78 is 33.6. The highest BCUT2D eigenvalue weighted by Gasteiger charge is 2.30. The molecule has 0 spiro atoms. The Kier molecular flexibility index (Phi) is 6.95. The lowest BCUT2D eigenvalue weighted by molar-refractivity contribution is 0.340. The molecule has 164 valence electrons. The fourth-order valence-corrected chi connectivity index (χ4v) is 6.78. The quantitative estimate of drug-likeness (QED) is 0.460. The molecule has 1 fully saturated rings. The van der Waals surface area contributed by atoms with Gasteiger partial charge in [-0.15, -0.1) is 11.3 Å². The van der Waals surface area contributed by atoms with E-state index >= 15 is 0 Å². The molecule has 3 aromatic rings. The van der Waals surface area contributed by atoms with Crippen molar-refractivity contribution in [1.29, 1.82) is 0 Å². The van der Waals surface area contributed by atoms with E-state index in [1.54, 1.807) is 33.8 Å². The SMILES string of the molecule is CCOc1ccc(Cc2csc(N3CCN(S(=O)(=O)c4ccccc4Br)CC3)n2)cc1. The standard InChI is InChI=1S/C22H24BrN3O3S2/c1-2-29-19-9-7-17(8-10-19)15-18-16-30-22(24-18)25-11-13-26(14-12-25)31(27,28)21-6-4-3-5-20(21)23/h3-10,16H,2,11-15H2,1H3. The number of sulfonamides is 1. The van der Waals surface area contributed by atoms with Gasteiger partial charge in [-0.1, -0.05) is 24.3 Å². The van der Waals surface area contributed by atoms with Crippen molar-refractivity contribution in [2.24, 2.45) is 0 Å². The third kappa shape index (κ3) is 5.11. The first-order valence-corrected chi connectivity index (χ1v) is 13.2. The van der Waals surface area contributed by atoms with Crippen LogP contribution < -0.4 is 9.64 Å². The second-order valence-corrected chi connectivity index (χ2v) is 10.8. The van der Waals surface area contributed by atoms with Gasteiger partial charge in [-0.3, -0.25) is 0 Å². The molecule has 1 aliphatic rings. The van der Waals surface area contributed by atoms with E-state index in [0.29, 0.717) is 42.2 Å². The molecule has 31 heavy (non-hydrogen) atoms. The minimum atomic E-state index is -3.51. The van der Waals surface area contributed by atoms with Gasteiger partial charge in [0.25, 0.3) is 0 Å². The van der Waals surface area contributed by atoms with Gasteiger partial charge in [0.15, 0.2) is 5.13 Å². The molecule has 0 amide bonds. The molecule has 0 saturated carbocycles. The molecule has 0 aliphatic carbocycles. The van der Waals surface area contributed by atoms with Crippen LogP contribution in [0.25, 0.3) is 0 Å². The first kappa shape index (κ1) is 22.3. The lowest BCUT2D eigenvalue weighted by Crippen LogP contribution is -2.48. The summed E-state index contributed by atoms with van der Waals surface area (Å²) in [5, 5.41) is 3.02. The van der Waals surface area contributed by atoms with Gasteiger partial charge in [-0.25, -0.2) is 13.4 Å². The Morgan fingerprint density at radius 3 is 2.45 bits per heavy atom. The maximum Gasteiger partial charge on any atom is 0.244 e. The van der Waals surface area contributed by atoms with E-state index in [4.69, 9.17) is 9.72 Å². The predicted molar refractivity (Wildman–Crippen MR) is 128 cm³/mol. The zero-order valence-corrected chi connectivity index (χ0v) is 20.4. The number of nitrogens with zero attached hydrogens (tertiary/aromatic N) is 3. The fraction of sp³-hybridized carbons (Fsp3) is 0.318. The third-order valence-electron chi connectivity index (χ3n) is 5.12. The van der Waals surface area contributed by atoms with E-state index in [9.17, 15) is 8.42 Å². The molecule has 0 bridgehead atoms. The van der Waals surface area contributed by atoms with Gasteiger partial charge in [0, 0.05) is 42.5 Å². The van der Waals surface area contributed by atoms with Crippen LogP contribution in [-0.2, 0) is 16.4 Å². The number of benzene rings is 2. The summed E-state index contributed by atoms with van der Waals surface area (Å²) in [6, 6.07) is 15.0. The molecule has 9 heteroatoms. The predicted octanol–water partition coefficient (Wildman–Crippen LogP) is 4.41. The van der Waals surface area contributed by atoms with Crippen molar-refractivity contribution in [3.8, 4) is 5.75 Å². The van der Waals surface area contributed by atoms with Gasteiger partial charge in [-0.05, 0) is 52.7 Å². The average molecular weight is 522 g/mol. The van der Waals surface area contributed by atoms with Crippen molar-refractivity contribution >= 4 is 42.4 Å². The van der Waals surface area contributed by atoms with Crippen molar-refractivity contribution in [2.45, 2.75) is 18.2 Å². The topological polar surface area (TPSA) is 62.7 Å². The second-order valence-electron chi connectivity index (χ2n) is 7.20. The van der Waals surface area contributed by atoms with Crippen LogP contribution in [0.15, 0.2) is 63.3 Å². The maximum absolute atomic E-state index is 13.0. The van der Waals surface area contributed by atoms with E-state index in [1.807, 2.05) is 25.1 Å². The molecule has 0 radical (unpaired) electrons. The van der Waals surface area contributed by atoms with Gasteiger partial charge < -0.3 is 9.64 Å². The van der Waals surface area contributed by atoms with Crippen molar-refractivity contribution in [1.82, 2.24) is 9.29 Å². The first-order valence-electron chi connectivity index (χ1n) is 10.1. The Labute approximate surface area is 195 Å². The molecule has 0 atom stereocenters. The minimum Gasteiger partial charge on any atom is -0.494 e. The monoisotopic (exact) mass is 521 g/mol. The van der Waals surface area contributed by atoms with Crippen LogP contribution in [0, 0.1) is 0 Å². The largest absolute Gasteiger partial charge is 0.494 e. The van der Waals surface area contributed by atoms with Crippen molar-refractivity contribution in [3.63, 3.8) is 0 Å². The molecular formula is C22H24BrN3O3S2. The number of halogens is 1. The number of aromatic nitrogens is 1. The van der Waals surface area contributed by atoms with Gasteiger partial charge >= 0.3 is 0 Å². The highest BCUT2D eigenvalue weighted by Crippen LogP contribution is 2.28. The Morgan fingerprint density at radius 1 is 1.06 bits per heavy atom. The maximum atomic E-state index is 13.0. The van der Waals surface area contributed by atoms with Crippen LogP contribution in [0.5, 0.6) is 5.75 Å². The number of anilines is 1. The van der Waals surface area contributed by atoms with Gasteiger partial charge in [-0.2, -0.15) is 4.31 Å². The normalized spacial score (nSPS) is 15.2. The van der Waals surface area contributed by atoms with Crippen molar-refractivity contribution in [2.75, 3.05) is 37.7 Å². The van der Waals surface area contributed by atoms with E-state index in [-0.39, 0.29) is 0 Å². The molecule has 1 saturated heterocycles. The van der Waals surface area contributed by atoms with E-state index < -0.39 is 10.0 Å². The Balaban J connectivity index is 1.37. The molecule has 4 rings (SSSR count). The molecule has 2 heterocycles. The minimum absolute atomic E-state index is 0.315. The summed E-state index contributed by atoms with van der Waals surface area (Å²) in [5.41, 5.74) is 2.21. The molecule has 1 aromatic heterocycles. The Morgan fingerprint density at radius 2 is 1.77 bits per heavy atom. The Hall–Kier alpha value is -1.94.